The summed E-state index contributed by atoms with van der Waals surface area (Å²) < 4.78 is 0. The minimum Gasteiger partial charge on any atom is -0.345 e. The molecule has 2 aromatic carbocycles. The second kappa shape index (κ2) is 6.94. The number of para-hydroxylation sites is 3. The maximum atomic E-state index is 13.3. The minimum atomic E-state index is -0.859. The molecule has 0 bridgehead atoms. The van der Waals surface area contributed by atoms with E-state index in [0.717, 1.165) is 11.0 Å². The number of carbonyl (C=O) groups excluding carboxylic acids is 3. The van der Waals surface area contributed by atoms with Gasteiger partial charge < -0.3 is 15.2 Å². The highest BCUT2D eigenvalue weighted by Gasteiger charge is 2.53. The first-order valence-electron chi connectivity index (χ1n) is 10.4. The van der Waals surface area contributed by atoms with E-state index in [1.807, 2.05) is 44.2 Å². The number of anilines is 1. The van der Waals surface area contributed by atoms with Gasteiger partial charge in [-0.2, -0.15) is 0 Å². The number of imidazole rings is 1. The first-order valence-corrected chi connectivity index (χ1v) is 10.4. The number of aromatic amines is 1. The number of nitrogens with one attached hydrogen (secondary N) is 2. The molecule has 0 unspecified atom stereocenters. The van der Waals surface area contributed by atoms with Crippen molar-refractivity contribution in [1.82, 2.24) is 20.2 Å². The van der Waals surface area contributed by atoms with Crippen molar-refractivity contribution < 1.29 is 14.4 Å². The summed E-state index contributed by atoms with van der Waals surface area (Å²) in [4.78, 5) is 49.8. The van der Waals surface area contributed by atoms with Crippen LogP contribution in [0.15, 0.2) is 48.5 Å². The summed E-state index contributed by atoms with van der Waals surface area (Å²) in [6.07, 6.45) is 0.823. The van der Waals surface area contributed by atoms with Gasteiger partial charge in [-0.25, -0.2) is 4.98 Å². The summed E-state index contributed by atoms with van der Waals surface area (Å²) in [5.74, 6) is 0.0639. The van der Waals surface area contributed by atoms with Gasteiger partial charge in [-0.15, -0.1) is 0 Å². The number of aromatic nitrogens is 2. The van der Waals surface area contributed by atoms with Crippen molar-refractivity contribution in [1.29, 1.82) is 0 Å². The highest BCUT2D eigenvalue weighted by molar-refractivity contribution is 6.11. The fourth-order valence-corrected chi connectivity index (χ4v) is 4.62. The molecule has 3 amide bonds. The Bertz CT molecular complexity index is 1190. The topological polar surface area (TPSA) is 98.4 Å². The second-order valence-electron chi connectivity index (χ2n) is 8.28. The average molecular weight is 417 g/mol. The van der Waals surface area contributed by atoms with Gasteiger partial charge in [0, 0.05) is 6.42 Å². The van der Waals surface area contributed by atoms with E-state index in [-0.39, 0.29) is 30.3 Å². The zero-order chi connectivity index (χ0) is 21.8. The van der Waals surface area contributed by atoms with Crippen LogP contribution in [0.1, 0.15) is 48.9 Å². The summed E-state index contributed by atoms with van der Waals surface area (Å²) in [7, 11) is 0. The van der Waals surface area contributed by atoms with Crippen LogP contribution in [0.5, 0.6) is 0 Å². The molecule has 8 nitrogen and oxygen atoms in total. The predicted molar refractivity (Wildman–Crippen MR) is 115 cm³/mol. The molecule has 2 atom stereocenters. The number of hydrogen-bond acceptors (Lipinski definition) is 4. The lowest BCUT2D eigenvalue weighted by Crippen LogP contribution is -2.63. The molecule has 1 fully saturated rings. The highest BCUT2D eigenvalue weighted by atomic mass is 16.2. The van der Waals surface area contributed by atoms with Crippen molar-refractivity contribution in [3.05, 3.63) is 59.9 Å². The van der Waals surface area contributed by atoms with Gasteiger partial charge in [0.2, 0.25) is 11.8 Å². The van der Waals surface area contributed by atoms with Crippen LogP contribution < -0.4 is 10.2 Å². The van der Waals surface area contributed by atoms with E-state index in [9.17, 15) is 14.4 Å². The van der Waals surface area contributed by atoms with E-state index in [1.54, 1.807) is 23.1 Å². The van der Waals surface area contributed by atoms with E-state index in [4.69, 9.17) is 0 Å². The standard InChI is InChI=1S/C23H23N5O3/c1-14(21-25-16-8-4-5-9-17(16)26-21)24-19(29)13-27-22(31)15-7-3-6-10-18(15)28-20(30)11-12-23(27,28)2/h3-10,14H,11-13H2,1-2H3,(H,24,29)(H,25,26)/t14-,23-/m0/s1. The zero-order valence-corrected chi connectivity index (χ0v) is 17.4. The zero-order valence-electron chi connectivity index (χ0n) is 17.4. The van der Waals surface area contributed by atoms with Gasteiger partial charge in [0.05, 0.1) is 28.3 Å². The van der Waals surface area contributed by atoms with E-state index < -0.39 is 5.66 Å². The van der Waals surface area contributed by atoms with Crippen LogP contribution in [0.3, 0.4) is 0 Å². The second-order valence-corrected chi connectivity index (χ2v) is 8.28. The maximum Gasteiger partial charge on any atom is 0.258 e. The molecule has 3 heterocycles. The Labute approximate surface area is 179 Å². The first-order chi connectivity index (χ1) is 14.9. The lowest BCUT2D eigenvalue weighted by molar-refractivity contribution is -0.124. The Morgan fingerprint density at radius 3 is 2.74 bits per heavy atom. The molecule has 3 aromatic rings. The first kappa shape index (κ1) is 19.3. The number of H-pyrrole nitrogens is 1. The Kier molecular flexibility index (Phi) is 4.32. The van der Waals surface area contributed by atoms with Gasteiger partial charge in [-0.1, -0.05) is 24.3 Å². The molecule has 2 aliphatic rings. The van der Waals surface area contributed by atoms with Gasteiger partial charge in [0.1, 0.15) is 18.0 Å². The van der Waals surface area contributed by atoms with Crippen LogP contribution in [0.25, 0.3) is 11.0 Å². The molecule has 1 aromatic heterocycles. The molecule has 0 radical (unpaired) electrons. The van der Waals surface area contributed by atoms with Gasteiger partial charge in [-0.05, 0) is 44.5 Å². The van der Waals surface area contributed by atoms with Crippen LogP contribution in [-0.4, -0.2) is 44.8 Å². The normalized spacial score (nSPS) is 21.2. The van der Waals surface area contributed by atoms with Crippen molar-refractivity contribution in [2.75, 3.05) is 11.4 Å². The van der Waals surface area contributed by atoms with Gasteiger partial charge in [0.25, 0.3) is 5.91 Å². The summed E-state index contributed by atoms with van der Waals surface area (Å²) in [5.41, 5.74) is 1.92. The molecule has 31 heavy (non-hydrogen) atoms. The SMILES string of the molecule is C[C@H](NC(=O)CN1C(=O)c2ccccc2N2C(=O)CC[C@@]12C)c1nc2ccccc2[nH]1. The number of nitrogens with zero attached hydrogens (tertiary/aromatic N) is 3. The minimum absolute atomic E-state index is 0.0384. The van der Waals surface area contributed by atoms with E-state index in [0.29, 0.717) is 29.9 Å². The number of amides is 3. The van der Waals surface area contributed by atoms with Crippen LogP contribution in [0, 0.1) is 0 Å². The third kappa shape index (κ3) is 2.98. The Morgan fingerprint density at radius 1 is 1.19 bits per heavy atom. The molecule has 5 rings (SSSR count). The molecule has 1 saturated heterocycles. The number of fused-ring (bicyclic) bond motifs is 4. The van der Waals surface area contributed by atoms with Crippen LogP contribution in [0.4, 0.5) is 5.69 Å². The van der Waals surface area contributed by atoms with Crippen molar-refractivity contribution >= 4 is 34.4 Å². The van der Waals surface area contributed by atoms with Crippen LogP contribution in [0.2, 0.25) is 0 Å². The fourth-order valence-electron chi connectivity index (χ4n) is 4.62. The molecule has 0 spiro atoms. The van der Waals surface area contributed by atoms with E-state index in [2.05, 4.69) is 15.3 Å². The molecular formula is C23H23N5O3. The van der Waals surface area contributed by atoms with Crippen LogP contribution in [-0.2, 0) is 9.59 Å². The Morgan fingerprint density at radius 2 is 1.94 bits per heavy atom. The van der Waals surface area contributed by atoms with E-state index in [1.165, 1.54) is 4.90 Å². The molecule has 8 heteroatoms. The largest absolute Gasteiger partial charge is 0.345 e. The van der Waals surface area contributed by atoms with Gasteiger partial charge in [-0.3, -0.25) is 19.3 Å². The van der Waals surface area contributed by atoms with Crippen molar-refractivity contribution in [3.8, 4) is 0 Å². The molecule has 0 saturated carbocycles. The van der Waals surface area contributed by atoms with Gasteiger partial charge >= 0.3 is 0 Å². The maximum absolute atomic E-state index is 13.3. The summed E-state index contributed by atoms with van der Waals surface area (Å²) >= 11 is 0. The lowest BCUT2D eigenvalue weighted by atomic mass is 9.98. The average Bonchev–Trinajstić information content (AvgIpc) is 3.33. The quantitative estimate of drug-likeness (QED) is 0.682. The molecular weight excluding hydrogens is 394 g/mol. The number of carbonyl (C=O) groups is 3. The Hall–Kier alpha value is -3.68. The summed E-state index contributed by atoms with van der Waals surface area (Å²) in [6.45, 7) is 3.55. The van der Waals surface area contributed by atoms with E-state index >= 15 is 0 Å². The highest BCUT2D eigenvalue weighted by Crippen LogP contribution is 2.43. The molecule has 2 aliphatic heterocycles. The van der Waals surface area contributed by atoms with Crippen molar-refractivity contribution in [2.45, 2.75) is 38.4 Å². The smallest absolute Gasteiger partial charge is 0.258 e. The molecule has 2 N–H and O–H groups in total. The number of rotatable bonds is 4. The lowest BCUT2D eigenvalue weighted by Gasteiger charge is -2.48. The molecule has 158 valence electrons. The summed E-state index contributed by atoms with van der Waals surface area (Å²) in [5, 5.41) is 2.93. The predicted octanol–water partition coefficient (Wildman–Crippen LogP) is 2.74. The number of benzene rings is 2. The monoisotopic (exact) mass is 417 g/mol. The molecule has 0 aliphatic carbocycles. The third-order valence-corrected chi connectivity index (χ3v) is 6.24. The fraction of sp³-hybridized carbons (Fsp3) is 0.304. The summed E-state index contributed by atoms with van der Waals surface area (Å²) in [6, 6.07) is 14.4. The van der Waals surface area contributed by atoms with Crippen molar-refractivity contribution in [2.24, 2.45) is 0 Å². The van der Waals surface area contributed by atoms with Gasteiger partial charge in [0.15, 0.2) is 0 Å². The van der Waals surface area contributed by atoms with Crippen LogP contribution >= 0.6 is 0 Å². The third-order valence-electron chi connectivity index (χ3n) is 6.24. The Balaban J connectivity index is 1.39. The number of hydrogen-bond donors (Lipinski definition) is 2. The van der Waals surface area contributed by atoms with Crippen molar-refractivity contribution in [3.63, 3.8) is 0 Å².